The van der Waals surface area contributed by atoms with Gasteiger partial charge in [0.2, 0.25) is 0 Å². The van der Waals surface area contributed by atoms with Crippen LogP contribution in [0, 0.1) is 17.0 Å². The number of nitro groups is 1. The van der Waals surface area contributed by atoms with Crippen LogP contribution in [0.4, 0.5) is 11.5 Å². The minimum absolute atomic E-state index is 0.0272. The fourth-order valence-electron chi connectivity index (χ4n) is 1.63. The molecule has 1 aromatic heterocycles. The first-order valence-corrected chi connectivity index (χ1v) is 6.51. The second-order valence-corrected chi connectivity index (χ2v) is 5.01. The Labute approximate surface area is 129 Å². The summed E-state index contributed by atoms with van der Waals surface area (Å²) in [7, 11) is 0. The minimum Gasteiger partial charge on any atom is -0.307 e. The maximum Gasteiger partial charge on any atom is 0.290 e. The maximum absolute atomic E-state index is 12.1. The topological polar surface area (TPSA) is 85.1 Å². The van der Waals surface area contributed by atoms with Crippen molar-refractivity contribution in [1.29, 1.82) is 0 Å². The summed E-state index contributed by atoms with van der Waals surface area (Å²) in [5.74, 6) is -0.219. The molecule has 2 rings (SSSR count). The van der Waals surface area contributed by atoms with Crippen molar-refractivity contribution in [3.63, 3.8) is 0 Å². The van der Waals surface area contributed by atoms with Crippen LogP contribution >= 0.6 is 23.2 Å². The van der Waals surface area contributed by atoms with Gasteiger partial charge in [0.25, 0.3) is 11.6 Å². The number of nitrogens with zero attached hydrogens (tertiary/aromatic N) is 2. The number of aromatic nitrogens is 1. The second kappa shape index (κ2) is 6.07. The van der Waals surface area contributed by atoms with Crippen LogP contribution in [0.3, 0.4) is 0 Å². The van der Waals surface area contributed by atoms with Gasteiger partial charge in [0.05, 0.1) is 9.95 Å². The third-order valence-electron chi connectivity index (χ3n) is 2.62. The van der Waals surface area contributed by atoms with Crippen LogP contribution in [-0.4, -0.2) is 15.8 Å². The van der Waals surface area contributed by atoms with Crippen LogP contribution in [0.25, 0.3) is 0 Å². The van der Waals surface area contributed by atoms with Crippen LogP contribution in [0.1, 0.15) is 15.9 Å². The van der Waals surface area contributed by atoms with Crippen molar-refractivity contribution < 1.29 is 9.72 Å². The molecular formula is C13H9Cl2N3O3. The molecule has 0 aliphatic heterocycles. The number of pyridine rings is 1. The van der Waals surface area contributed by atoms with Gasteiger partial charge >= 0.3 is 0 Å². The van der Waals surface area contributed by atoms with Gasteiger partial charge in [-0.15, -0.1) is 0 Å². The third kappa shape index (κ3) is 3.48. The lowest BCUT2D eigenvalue weighted by molar-refractivity contribution is -0.384. The highest BCUT2D eigenvalue weighted by molar-refractivity contribution is 6.43. The van der Waals surface area contributed by atoms with Crippen LogP contribution in [-0.2, 0) is 0 Å². The van der Waals surface area contributed by atoms with Gasteiger partial charge in [0, 0.05) is 17.8 Å². The Hall–Kier alpha value is -2.18. The number of halogens is 2. The highest BCUT2D eigenvalue weighted by Crippen LogP contribution is 2.33. The Morgan fingerprint density at radius 2 is 2.05 bits per heavy atom. The highest BCUT2D eigenvalue weighted by atomic mass is 35.5. The van der Waals surface area contributed by atoms with Gasteiger partial charge in [0.1, 0.15) is 10.8 Å². The minimum atomic E-state index is -0.699. The molecule has 0 spiro atoms. The van der Waals surface area contributed by atoms with Crippen molar-refractivity contribution in [1.82, 2.24) is 4.98 Å². The van der Waals surface area contributed by atoms with E-state index in [1.807, 2.05) is 6.92 Å². The average Bonchev–Trinajstić information content (AvgIpc) is 2.41. The molecule has 1 heterocycles. The smallest absolute Gasteiger partial charge is 0.290 e. The number of rotatable bonds is 3. The molecule has 108 valence electrons. The summed E-state index contributed by atoms with van der Waals surface area (Å²) in [5.41, 5.74) is 0.520. The lowest BCUT2D eigenvalue weighted by Crippen LogP contribution is -2.13. The zero-order valence-electron chi connectivity index (χ0n) is 10.8. The Morgan fingerprint density at radius 1 is 1.33 bits per heavy atom. The van der Waals surface area contributed by atoms with Gasteiger partial charge in [-0.1, -0.05) is 23.2 Å². The summed E-state index contributed by atoms with van der Waals surface area (Å²) in [6.07, 6.45) is 1.54. The Morgan fingerprint density at radius 3 is 2.67 bits per heavy atom. The normalized spacial score (nSPS) is 10.2. The van der Waals surface area contributed by atoms with Crippen LogP contribution in [0.5, 0.6) is 0 Å². The molecule has 6 nitrogen and oxygen atoms in total. The zero-order chi connectivity index (χ0) is 15.6. The van der Waals surface area contributed by atoms with E-state index < -0.39 is 16.5 Å². The van der Waals surface area contributed by atoms with Crippen molar-refractivity contribution >= 4 is 40.6 Å². The maximum atomic E-state index is 12.1. The van der Waals surface area contributed by atoms with E-state index in [2.05, 4.69) is 10.3 Å². The number of nitro benzene ring substituents is 1. The molecule has 0 fully saturated rings. The van der Waals surface area contributed by atoms with E-state index in [4.69, 9.17) is 23.2 Å². The van der Waals surface area contributed by atoms with E-state index in [1.54, 1.807) is 18.3 Å². The Bertz CT molecular complexity index is 735. The summed E-state index contributed by atoms with van der Waals surface area (Å²) in [6, 6.07) is 5.78. The van der Waals surface area contributed by atoms with Crippen LogP contribution in [0.15, 0.2) is 30.5 Å². The molecule has 8 heteroatoms. The molecule has 0 aliphatic carbocycles. The predicted molar refractivity (Wildman–Crippen MR) is 80.0 cm³/mol. The number of benzene rings is 1. The van der Waals surface area contributed by atoms with Crippen LogP contribution in [0.2, 0.25) is 10.0 Å². The Balaban J connectivity index is 2.33. The Kier molecular flexibility index (Phi) is 4.40. The van der Waals surface area contributed by atoms with E-state index in [1.165, 1.54) is 6.07 Å². The average molecular weight is 326 g/mol. The molecule has 0 saturated heterocycles. The molecule has 1 amide bonds. The monoisotopic (exact) mass is 325 g/mol. The van der Waals surface area contributed by atoms with Gasteiger partial charge in [-0.25, -0.2) is 4.98 Å². The summed E-state index contributed by atoms with van der Waals surface area (Å²) in [5, 5.41) is 13.1. The predicted octanol–water partition coefficient (Wildman–Crippen LogP) is 3.86. The molecule has 0 radical (unpaired) electrons. The molecule has 21 heavy (non-hydrogen) atoms. The molecule has 0 unspecified atom stereocenters. The lowest BCUT2D eigenvalue weighted by atomic mass is 10.2. The van der Waals surface area contributed by atoms with Crippen molar-refractivity contribution in [3.8, 4) is 0 Å². The van der Waals surface area contributed by atoms with Gasteiger partial charge in [-0.2, -0.15) is 0 Å². The number of carbonyl (C=O) groups is 1. The van der Waals surface area contributed by atoms with E-state index >= 15 is 0 Å². The number of hydrogen-bond acceptors (Lipinski definition) is 4. The number of hydrogen-bond donors (Lipinski definition) is 1. The van der Waals surface area contributed by atoms with E-state index in [9.17, 15) is 14.9 Å². The van der Waals surface area contributed by atoms with E-state index in [0.717, 1.165) is 11.6 Å². The molecule has 1 aromatic carbocycles. The molecular weight excluding hydrogens is 317 g/mol. The summed E-state index contributed by atoms with van der Waals surface area (Å²) >= 11 is 11.5. The first-order chi connectivity index (χ1) is 9.88. The fourth-order valence-corrected chi connectivity index (χ4v) is 2.02. The summed E-state index contributed by atoms with van der Waals surface area (Å²) < 4.78 is 0. The van der Waals surface area contributed by atoms with Crippen molar-refractivity contribution in [3.05, 3.63) is 61.7 Å². The lowest BCUT2D eigenvalue weighted by Gasteiger charge is -2.06. The van der Waals surface area contributed by atoms with Crippen molar-refractivity contribution in [2.75, 3.05) is 5.32 Å². The largest absolute Gasteiger partial charge is 0.307 e. The van der Waals surface area contributed by atoms with Crippen molar-refractivity contribution in [2.45, 2.75) is 6.92 Å². The fraction of sp³-hybridized carbons (Fsp3) is 0.0769. The standard InChI is InChI=1S/C13H9Cl2N3O3/c1-7-2-3-16-11(4-7)17-13(19)8-5-9(14)12(15)10(6-8)18(20)21/h2-6H,1H3,(H,16,17,19). The number of amides is 1. The number of nitrogens with one attached hydrogen (secondary N) is 1. The quantitative estimate of drug-likeness (QED) is 0.685. The molecule has 0 saturated carbocycles. The number of carbonyl (C=O) groups excluding carboxylic acids is 1. The highest BCUT2D eigenvalue weighted by Gasteiger charge is 2.20. The van der Waals surface area contributed by atoms with E-state index in [-0.39, 0.29) is 15.6 Å². The van der Waals surface area contributed by atoms with Gasteiger partial charge in [-0.05, 0) is 30.7 Å². The first-order valence-electron chi connectivity index (χ1n) is 5.76. The van der Waals surface area contributed by atoms with Crippen LogP contribution < -0.4 is 5.32 Å². The van der Waals surface area contributed by atoms with Crippen molar-refractivity contribution in [2.24, 2.45) is 0 Å². The number of aryl methyl sites for hydroxylation is 1. The molecule has 0 aliphatic rings. The second-order valence-electron chi connectivity index (χ2n) is 4.22. The summed E-state index contributed by atoms with van der Waals surface area (Å²) in [6.45, 7) is 1.85. The number of anilines is 1. The molecule has 1 N–H and O–H groups in total. The van der Waals surface area contributed by atoms with Gasteiger partial charge in [-0.3, -0.25) is 14.9 Å². The molecule has 0 bridgehead atoms. The van der Waals surface area contributed by atoms with E-state index in [0.29, 0.717) is 5.82 Å². The van der Waals surface area contributed by atoms with Gasteiger partial charge < -0.3 is 5.32 Å². The third-order valence-corrected chi connectivity index (χ3v) is 3.42. The zero-order valence-corrected chi connectivity index (χ0v) is 12.3. The SMILES string of the molecule is Cc1ccnc(NC(=O)c2cc(Cl)c(Cl)c([N+](=O)[O-])c2)c1. The first kappa shape index (κ1) is 15.2. The molecule has 0 atom stereocenters. The molecule has 2 aromatic rings. The van der Waals surface area contributed by atoms with Gasteiger partial charge in [0.15, 0.2) is 0 Å². The summed E-state index contributed by atoms with van der Waals surface area (Å²) in [4.78, 5) is 26.2.